The highest BCUT2D eigenvalue weighted by molar-refractivity contribution is 7.11. The monoisotopic (exact) mass is 304 g/mol. The lowest BCUT2D eigenvalue weighted by Crippen LogP contribution is -2.45. The number of thiophene rings is 1. The number of likely N-dealkylation sites (tertiary alicyclic amines) is 1. The van der Waals surface area contributed by atoms with Crippen molar-refractivity contribution in [2.45, 2.75) is 19.3 Å². The van der Waals surface area contributed by atoms with Crippen molar-refractivity contribution in [3.8, 4) is 0 Å². The number of nitrogens with zero attached hydrogens (tertiary/aromatic N) is 2. The van der Waals surface area contributed by atoms with Gasteiger partial charge in [-0.05, 0) is 29.9 Å². The van der Waals surface area contributed by atoms with E-state index in [0.29, 0.717) is 19.5 Å². The summed E-state index contributed by atoms with van der Waals surface area (Å²) < 4.78 is 0. The zero-order chi connectivity index (χ0) is 14.8. The van der Waals surface area contributed by atoms with Gasteiger partial charge in [-0.25, -0.2) is 0 Å². The largest absolute Gasteiger partial charge is 0.346 e. The van der Waals surface area contributed by atoms with Crippen LogP contribution < -0.4 is 0 Å². The third kappa shape index (κ3) is 3.02. The number of carbonyl (C=O) groups excluding carboxylic acids is 2. The number of amides is 2. The summed E-state index contributed by atoms with van der Waals surface area (Å²) in [6, 6.07) is 4.19. The van der Waals surface area contributed by atoms with E-state index >= 15 is 0 Å². The summed E-state index contributed by atoms with van der Waals surface area (Å²) in [7, 11) is 1.81. The smallest absolute Gasteiger partial charge is 0.226 e. The molecule has 0 aliphatic carbocycles. The molecule has 1 atom stereocenters. The average molecular weight is 304 g/mol. The number of hydrogen-bond acceptors (Lipinski definition) is 3. The minimum Gasteiger partial charge on any atom is -0.346 e. The van der Waals surface area contributed by atoms with Crippen LogP contribution in [0.4, 0.5) is 0 Å². The van der Waals surface area contributed by atoms with Gasteiger partial charge in [0.15, 0.2) is 0 Å². The lowest BCUT2D eigenvalue weighted by Gasteiger charge is -2.33. The maximum absolute atomic E-state index is 12.5. The molecule has 2 aliphatic rings. The topological polar surface area (TPSA) is 40.6 Å². The van der Waals surface area contributed by atoms with Crippen LogP contribution in [-0.4, -0.2) is 48.3 Å². The van der Waals surface area contributed by atoms with E-state index in [4.69, 9.17) is 0 Å². The Morgan fingerprint density at radius 3 is 2.86 bits per heavy atom. The standard InChI is InChI=1S/C16H20N2O2S/c1-17-7-4-13(11-15(17)19)16(20)18-8-5-12(6-9-18)14-3-2-10-21-14/h2-3,5,10,13H,4,6-9,11H2,1H3. The first-order valence-corrected chi connectivity index (χ1v) is 8.29. The van der Waals surface area contributed by atoms with Crippen molar-refractivity contribution >= 4 is 28.7 Å². The van der Waals surface area contributed by atoms with Gasteiger partial charge in [-0.1, -0.05) is 12.1 Å². The lowest BCUT2D eigenvalue weighted by atomic mass is 9.94. The van der Waals surface area contributed by atoms with Gasteiger partial charge in [0.05, 0.1) is 0 Å². The molecule has 3 heterocycles. The second-order valence-electron chi connectivity index (χ2n) is 5.75. The molecular formula is C16H20N2O2S. The molecule has 0 bridgehead atoms. The molecule has 1 aromatic rings. The van der Waals surface area contributed by atoms with E-state index in [9.17, 15) is 9.59 Å². The fourth-order valence-electron chi connectivity index (χ4n) is 2.97. The fraction of sp³-hybridized carbons (Fsp3) is 0.500. The summed E-state index contributed by atoms with van der Waals surface area (Å²) in [4.78, 5) is 29.2. The van der Waals surface area contributed by atoms with Crippen molar-refractivity contribution in [2.75, 3.05) is 26.7 Å². The molecule has 0 N–H and O–H groups in total. The van der Waals surface area contributed by atoms with Gasteiger partial charge in [0.2, 0.25) is 11.8 Å². The molecule has 5 heteroatoms. The second-order valence-corrected chi connectivity index (χ2v) is 6.69. The third-order valence-electron chi connectivity index (χ3n) is 4.37. The van der Waals surface area contributed by atoms with Gasteiger partial charge in [-0.2, -0.15) is 0 Å². The van der Waals surface area contributed by atoms with Gasteiger partial charge in [-0.15, -0.1) is 11.3 Å². The molecule has 1 aromatic heterocycles. The van der Waals surface area contributed by atoms with E-state index in [1.165, 1.54) is 10.5 Å². The molecule has 0 saturated carbocycles. The molecule has 0 aromatic carbocycles. The maximum Gasteiger partial charge on any atom is 0.226 e. The minimum atomic E-state index is -0.120. The molecular weight excluding hydrogens is 284 g/mol. The molecule has 112 valence electrons. The Labute approximate surface area is 129 Å². The Hall–Kier alpha value is -1.62. The molecule has 4 nitrogen and oxygen atoms in total. The molecule has 1 unspecified atom stereocenters. The van der Waals surface area contributed by atoms with Crippen LogP contribution in [0.2, 0.25) is 0 Å². The maximum atomic E-state index is 12.5. The molecule has 1 fully saturated rings. The van der Waals surface area contributed by atoms with Crippen molar-refractivity contribution in [3.05, 3.63) is 28.5 Å². The van der Waals surface area contributed by atoms with Crippen molar-refractivity contribution in [1.82, 2.24) is 9.80 Å². The average Bonchev–Trinajstić information content (AvgIpc) is 3.04. The van der Waals surface area contributed by atoms with Gasteiger partial charge in [0.1, 0.15) is 0 Å². The van der Waals surface area contributed by atoms with Crippen LogP contribution in [0.5, 0.6) is 0 Å². The van der Waals surface area contributed by atoms with E-state index in [-0.39, 0.29) is 17.7 Å². The molecule has 1 saturated heterocycles. The van der Waals surface area contributed by atoms with Crippen molar-refractivity contribution in [1.29, 1.82) is 0 Å². The highest BCUT2D eigenvalue weighted by Crippen LogP contribution is 2.28. The number of carbonyl (C=O) groups is 2. The Bertz CT molecular complexity index is 565. The van der Waals surface area contributed by atoms with Crippen molar-refractivity contribution < 1.29 is 9.59 Å². The molecule has 3 rings (SSSR count). The number of rotatable bonds is 2. The van der Waals surface area contributed by atoms with Crippen LogP contribution in [0.25, 0.3) is 5.57 Å². The summed E-state index contributed by atoms with van der Waals surface area (Å²) in [5.41, 5.74) is 1.34. The van der Waals surface area contributed by atoms with E-state index in [1.54, 1.807) is 23.3 Å². The Kier molecular flexibility index (Phi) is 4.10. The molecule has 0 spiro atoms. The Morgan fingerprint density at radius 2 is 2.24 bits per heavy atom. The zero-order valence-electron chi connectivity index (χ0n) is 12.2. The van der Waals surface area contributed by atoms with Crippen LogP contribution >= 0.6 is 11.3 Å². The van der Waals surface area contributed by atoms with E-state index < -0.39 is 0 Å². The summed E-state index contributed by atoms with van der Waals surface area (Å²) in [6.45, 7) is 2.13. The van der Waals surface area contributed by atoms with Crippen LogP contribution in [0, 0.1) is 5.92 Å². The molecule has 21 heavy (non-hydrogen) atoms. The van der Waals surface area contributed by atoms with Crippen LogP contribution in [-0.2, 0) is 9.59 Å². The third-order valence-corrected chi connectivity index (χ3v) is 5.31. The van der Waals surface area contributed by atoms with Crippen LogP contribution in [0.15, 0.2) is 23.6 Å². The van der Waals surface area contributed by atoms with Gasteiger partial charge in [-0.3, -0.25) is 9.59 Å². The number of hydrogen-bond donors (Lipinski definition) is 0. The van der Waals surface area contributed by atoms with Gasteiger partial charge < -0.3 is 9.80 Å². The predicted molar refractivity (Wildman–Crippen MR) is 83.9 cm³/mol. The summed E-state index contributed by atoms with van der Waals surface area (Å²) >= 11 is 1.75. The molecule has 2 aliphatic heterocycles. The van der Waals surface area contributed by atoms with Crippen molar-refractivity contribution in [2.24, 2.45) is 5.92 Å². The first kappa shape index (κ1) is 14.3. The molecule has 0 radical (unpaired) electrons. The van der Waals surface area contributed by atoms with Crippen molar-refractivity contribution in [3.63, 3.8) is 0 Å². The fourth-order valence-corrected chi connectivity index (χ4v) is 3.76. The van der Waals surface area contributed by atoms with E-state index in [0.717, 1.165) is 19.4 Å². The van der Waals surface area contributed by atoms with Gasteiger partial charge >= 0.3 is 0 Å². The summed E-state index contributed by atoms with van der Waals surface area (Å²) in [5.74, 6) is 0.120. The minimum absolute atomic E-state index is 0.0893. The van der Waals surface area contributed by atoms with Gasteiger partial charge in [0.25, 0.3) is 0 Å². The normalized spacial score (nSPS) is 23.2. The van der Waals surface area contributed by atoms with Crippen LogP contribution in [0.1, 0.15) is 24.1 Å². The highest BCUT2D eigenvalue weighted by atomic mass is 32.1. The quantitative estimate of drug-likeness (QED) is 0.840. The van der Waals surface area contributed by atoms with E-state index in [1.807, 2.05) is 4.90 Å². The summed E-state index contributed by atoms with van der Waals surface area (Å²) in [6.07, 6.45) is 4.23. The lowest BCUT2D eigenvalue weighted by molar-refractivity contribution is -0.144. The van der Waals surface area contributed by atoms with E-state index in [2.05, 4.69) is 23.6 Å². The zero-order valence-corrected chi connectivity index (χ0v) is 13.1. The summed E-state index contributed by atoms with van der Waals surface area (Å²) in [5, 5.41) is 2.08. The second kappa shape index (κ2) is 6.02. The Morgan fingerprint density at radius 1 is 1.38 bits per heavy atom. The SMILES string of the molecule is CN1CCC(C(=O)N2CC=C(c3cccs3)CC2)CC1=O. The van der Waals surface area contributed by atoms with Gasteiger partial charge in [0, 0.05) is 43.9 Å². The predicted octanol–water partition coefficient (Wildman–Crippen LogP) is 2.23. The van der Waals surface area contributed by atoms with Crippen LogP contribution in [0.3, 0.4) is 0 Å². The molecule has 2 amide bonds. The Balaban J connectivity index is 1.61. The first-order valence-electron chi connectivity index (χ1n) is 7.41. The highest BCUT2D eigenvalue weighted by Gasteiger charge is 2.32. The number of piperidine rings is 1. The first-order chi connectivity index (χ1) is 10.1.